The van der Waals surface area contributed by atoms with Crippen LogP contribution in [0.3, 0.4) is 0 Å². The van der Waals surface area contributed by atoms with Gasteiger partial charge in [-0.2, -0.15) is 0 Å². The van der Waals surface area contributed by atoms with Gasteiger partial charge in [0, 0.05) is 22.4 Å². The Hall–Kier alpha value is -4.37. The van der Waals surface area contributed by atoms with Gasteiger partial charge in [0.2, 0.25) is 0 Å². The summed E-state index contributed by atoms with van der Waals surface area (Å²) in [7, 11) is 2.61. The fourth-order valence-electron chi connectivity index (χ4n) is 2.77. The van der Waals surface area contributed by atoms with E-state index in [0.29, 0.717) is 33.5 Å². The zero-order valence-corrected chi connectivity index (χ0v) is 17.0. The predicted molar refractivity (Wildman–Crippen MR) is 116 cm³/mol. The van der Waals surface area contributed by atoms with Crippen LogP contribution < -0.4 is 5.32 Å². The van der Waals surface area contributed by atoms with E-state index in [1.807, 2.05) is 6.07 Å². The van der Waals surface area contributed by atoms with E-state index in [0.717, 1.165) is 0 Å². The Kier molecular flexibility index (Phi) is 6.82. The molecule has 3 rings (SSSR count). The predicted octanol–water partition coefficient (Wildman–Crippen LogP) is 3.91. The minimum atomic E-state index is -0.511. The number of methoxy groups -OCH3 is 2. The molecule has 0 atom stereocenters. The summed E-state index contributed by atoms with van der Waals surface area (Å²) in [4.78, 5) is 35.9. The Morgan fingerprint density at radius 3 is 1.84 bits per heavy atom. The molecule has 3 aromatic carbocycles. The molecule has 0 aliphatic heterocycles. The summed E-state index contributed by atoms with van der Waals surface area (Å²) in [6, 6.07) is 20.2. The first-order valence-corrected chi connectivity index (χ1v) is 9.30. The first kappa shape index (κ1) is 21.3. The average Bonchev–Trinajstić information content (AvgIpc) is 2.82. The van der Waals surface area contributed by atoms with E-state index in [1.165, 1.54) is 20.3 Å². The topological polar surface area (TPSA) is 81.7 Å². The highest BCUT2D eigenvalue weighted by Gasteiger charge is 2.11. The van der Waals surface area contributed by atoms with Crippen LogP contribution in [0.1, 0.15) is 42.2 Å². The van der Waals surface area contributed by atoms with E-state index in [2.05, 4.69) is 21.9 Å². The number of hydrogen-bond donors (Lipinski definition) is 1. The monoisotopic (exact) mass is 413 g/mol. The fourth-order valence-corrected chi connectivity index (χ4v) is 2.77. The van der Waals surface area contributed by atoms with Crippen molar-refractivity contribution in [1.82, 2.24) is 0 Å². The summed E-state index contributed by atoms with van der Waals surface area (Å²) < 4.78 is 9.40. The third-order valence-corrected chi connectivity index (χ3v) is 4.30. The van der Waals surface area contributed by atoms with Crippen molar-refractivity contribution < 1.29 is 23.9 Å². The lowest BCUT2D eigenvalue weighted by Crippen LogP contribution is -2.13. The number of hydrogen-bond acceptors (Lipinski definition) is 5. The van der Waals surface area contributed by atoms with Crippen LogP contribution in [0.25, 0.3) is 0 Å². The van der Waals surface area contributed by atoms with Gasteiger partial charge in [-0.3, -0.25) is 4.79 Å². The number of amides is 1. The van der Waals surface area contributed by atoms with E-state index in [9.17, 15) is 14.4 Å². The van der Waals surface area contributed by atoms with Crippen LogP contribution >= 0.6 is 0 Å². The minimum Gasteiger partial charge on any atom is -0.465 e. The van der Waals surface area contributed by atoms with Gasteiger partial charge in [-0.05, 0) is 54.6 Å². The number of ether oxygens (including phenoxy) is 2. The third kappa shape index (κ3) is 5.58. The van der Waals surface area contributed by atoms with Gasteiger partial charge in [0.05, 0.1) is 25.3 Å². The highest BCUT2D eigenvalue weighted by Crippen LogP contribution is 2.14. The molecular formula is C25H19NO5. The Labute approximate surface area is 179 Å². The zero-order valence-electron chi connectivity index (χ0n) is 17.0. The largest absolute Gasteiger partial charge is 0.465 e. The number of esters is 2. The number of carbonyl (C=O) groups is 3. The quantitative estimate of drug-likeness (QED) is 0.518. The number of nitrogens with one attached hydrogen (secondary N) is 1. The number of anilines is 1. The molecule has 6 heteroatoms. The van der Waals surface area contributed by atoms with E-state index in [1.54, 1.807) is 60.7 Å². The van der Waals surface area contributed by atoms with Gasteiger partial charge in [0.25, 0.3) is 5.91 Å². The van der Waals surface area contributed by atoms with Crippen molar-refractivity contribution >= 4 is 23.5 Å². The van der Waals surface area contributed by atoms with Gasteiger partial charge in [-0.15, -0.1) is 0 Å². The summed E-state index contributed by atoms with van der Waals surface area (Å²) >= 11 is 0. The molecule has 0 fully saturated rings. The standard InChI is InChI=1S/C25H19NO5/c1-30-24(28)20-9-3-6-17(14-20)12-13-18-7-4-11-22(15-18)26-23(27)19-8-5-10-21(16-19)25(29)31-2/h3-11,14-16H,1-2H3,(H,26,27). The zero-order chi connectivity index (χ0) is 22.2. The van der Waals surface area contributed by atoms with Gasteiger partial charge < -0.3 is 14.8 Å². The first-order chi connectivity index (χ1) is 15.0. The normalized spacial score (nSPS) is 9.74. The van der Waals surface area contributed by atoms with Gasteiger partial charge in [0.15, 0.2) is 0 Å². The van der Waals surface area contributed by atoms with Gasteiger partial charge in [0.1, 0.15) is 0 Å². The lowest BCUT2D eigenvalue weighted by atomic mass is 10.1. The molecule has 0 radical (unpaired) electrons. The summed E-state index contributed by atoms with van der Waals surface area (Å²) in [5.41, 5.74) is 2.96. The van der Waals surface area contributed by atoms with Gasteiger partial charge >= 0.3 is 11.9 Å². The highest BCUT2D eigenvalue weighted by atomic mass is 16.5. The van der Waals surface area contributed by atoms with Crippen LogP contribution in [0.5, 0.6) is 0 Å². The summed E-state index contributed by atoms with van der Waals surface area (Å²) in [5, 5.41) is 2.79. The Morgan fingerprint density at radius 2 is 1.19 bits per heavy atom. The maximum absolute atomic E-state index is 12.6. The lowest BCUT2D eigenvalue weighted by Gasteiger charge is -2.07. The molecule has 0 spiro atoms. The van der Waals surface area contributed by atoms with Crippen LogP contribution in [0.15, 0.2) is 72.8 Å². The molecule has 0 saturated carbocycles. The summed E-state index contributed by atoms with van der Waals surface area (Å²) in [6.07, 6.45) is 0. The van der Waals surface area contributed by atoms with E-state index >= 15 is 0 Å². The molecule has 6 nitrogen and oxygen atoms in total. The highest BCUT2D eigenvalue weighted by molar-refractivity contribution is 6.05. The molecule has 0 unspecified atom stereocenters. The van der Waals surface area contributed by atoms with Crippen LogP contribution in [-0.4, -0.2) is 32.1 Å². The first-order valence-electron chi connectivity index (χ1n) is 9.30. The smallest absolute Gasteiger partial charge is 0.337 e. The molecule has 3 aromatic rings. The van der Waals surface area contributed by atoms with Crippen molar-refractivity contribution in [3.05, 3.63) is 101 Å². The SMILES string of the molecule is COC(=O)c1cccc(C#Cc2cccc(NC(=O)c3cccc(C(=O)OC)c3)c2)c1. The molecule has 0 heterocycles. The van der Waals surface area contributed by atoms with Crippen molar-refractivity contribution in [2.45, 2.75) is 0 Å². The number of rotatable bonds is 4. The van der Waals surface area contributed by atoms with E-state index in [4.69, 9.17) is 4.74 Å². The minimum absolute atomic E-state index is 0.295. The molecule has 1 amide bonds. The molecule has 0 aromatic heterocycles. The summed E-state index contributed by atoms with van der Waals surface area (Å²) in [5.74, 6) is 4.72. The van der Waals surface area contributed by atoms with Crippen LogP contribution in [0.4, 0.5) is 5.69 Å². The molecule has 31 heavy (non-hydrogen) atoms. The second-order valence-corrected chi connectivity index (χ2v) is 6.43. The second kappa shape index (κ2) is 9.90. The fraction of sp³-hybridized carbons (Fsp3) is 0.0800. The maximum Gasteiger partial charge on any atom is 0.337 e. The van der Waals surface area contributed by atoms with Gasteiger partial charge in [-0.25, -0.2) is 9.59 Å². The van der Waals surface area contributed by atoms with Crippen LogP contribution in [-0.2, 0) is 9.47 Å². The number of benzene rings is 3. The van der Waals surface area contributed by atoms with Crippen LogP contribution in [0.2, 0.25) is 0 Å². The Bertz CT molecular complexity index is 1200. The molecule has 154 valence electrons. The van der Waals surface area contributed by atoms with Crippen molar-refractivity contribution in [2.75, 3.05) is 19.5 Å². The van der Waals surface area contributed by atoms with E-state index in [-0.39, 0.29) is 5.91 Å². The lowest BCUT2D eigenvalue weighted by molar-refractivity contribution is 0.0591. The molecule has 0 aliphatic carbocycles. The number of carbonyl (C=O) groups excluding carboxylic acids is 3. The molecule has 1 N–H and O–H groups in total. The van der Waals surface area contributed by atoms with Crippen molar-refractivity contribution in [1.29, 1.82) is 0 Å². The van der Waals surface area contributed by atoms with Crippen molar-refractivity contribution in [3.8, 4) is 11.8 Å². The van der Waals surface area contributed by atoms with Crippen LogP contribution in [0, 0.1) is 11.8 Å². The Morgan fingerprint density at radius 1 is 0.677 bits per heavy atom. The van der Waals surface area contributed by atoms with Crippen molar-refractivity contribution in [2.24, 2.45) is 0 Å². The molecule has 0 bridgehead atoms. The Balaban J connectivity index is 1.76. The second-order valence-electron chi connectivity index (χ2n) is 6.43. The van der Waals surface area contributed by atoms with Gasteiger partial charge in [-0.1, -0.05) is 30.0 Å². The molecular weight excluding hydrogens is 394 g/mol. The average molecular weight is 413 g/mol. The van der Waals surface area contributed by atoms with E-state index < -0.39 is 11.9 Å². The van der Waals surface area contributed by atoms with Crippen molar-refractivity contribution in [3.63, 3.8) is 0 Å². The molecule has 0 aliphatic rings. The molecule has 0 saturated heterocycles. The maximum atomic E-state index is 12.6. The summed E-state index contributed by atoms with van der Waals surface area (Å²) in [6.45, 7) is 0. The third-order valence-electron chi connectivity index (χ3n) is 4.30.